The molecule has 0 aliphatic carbocycles. The van der Waals surface area contributed by atoms with E-state index in [1.807, 2.05) is 4.57 Å². The highest BCUT2D eigenvalue weighted by atomic mass is 16.1. The highest BCUT2D eigenvalue weighted by Crippen LogP contribution is 2.16. The first-order chi connectivity index (χ1) is 14.7. The Morgan fingerprint density at radius 3 is 2.67 bits per heavy atom. The number of aryl methyl sites for hydroxylation is 1. The molecule has 0 radical (unpaired) electrons. The van der Waals surface area contributed by atoms with Crippen LogP contribution in [0.3, 0.4) is 0 Å². The van der Waals surface area contributed by atoms with E-state index in [4.69, 9.17) is 4.98 Å². The molecule has 0 bridgehead atoms. The Balaban J connectivity index is 1.35. The van der Waals surface area contributed by atoms with Crippen molar-refractivity contribution in [3.05, 3.63) is 39.9 Å². The van der Waals surface area contributed by atoms with Gasteiger partial charge in [0.05, 0.1) is 10.9 Å². The van der Waals surface area contributed by atoms with Crippen LogP contribution in [0.15, 0.2) is 23.0 Å². The fraction of sp³-hybridized carbons (Fsp3) is 0.609. The highest BCUT2D eigenvalue weighted by molar-refractivity contribution is 5.97. The average Bonchev–Trinajstić information content (AvgIpc) is 3.02. The van der Waals surface area contributed by atoms with E-state index in [9.17, 15) is 9.59 Å². The number of rotatable bonds is 6. The topological polar surface area (TPSA) is 70.5 Å². The summed E-state index contributed by atoms with van der Waals surface area (Å²) in [6.07, 6.45) is 4.98. The largest absolute Gasteiger partial charge is 0.352 e. The number of hydrogen-bond donors (Lipinski definition) is 1. The number of aromatic nitrogens is 2. The molecule has 2 aliphatic rings. The van der Waals surface area contributed by atoms with Crippen LogP contribution in [-0.4, -0.2) is 71.1 Å². The Hall–Kier alpha value is -2.25. The van der Waals surface area contributed by atoms with Gasteiger partial charge in [-0.3, -0.25) is 14.2 Å². The number of piperazine rings is 1. The molecule has 0 saturated carbocycles. The lowest BCUT2D eigenvalue weighted by Crippen LogP contribution is -2.46. The summed E-state index contributed by atoms with van der Waals surface area (Å²) in [4.78, 5) is 35.1. The lowest BCUT2D eigenvalue weighted by molar-refractivity contribution is 0.0948. The average molecular weight is 412 g/mol. The van der Waals surface area contributed by atoms with Gasteiger partial charge in [0.15, 0.2) is 0 Å². The SMILES string of the molecule is CCN1CCN(CCCNC(=O)c2ccc3c(=O)n4c(nc3c2)CCCCC4)CC1. The van der Waals surface area contributed by atoms with E-state index in [0.717, 1.165) is 83.7 Å². The molecule has 2 aromatic rings. The predicted octanol–water partition coefficient (Wildman–Crippen LogP) is 1.88. The molecule has 1 N–H and O–H groups in total. The number of nitrogens with one attached hydrogen (secondary N) is 1. The molecule has 30 heavy (non-hydrogen) atoms. The lowest BCUT2D eigenvalue weighted by atomic mass is 10.1. The number of carbonyl (C=O) groups excluding carboxylic acids is 1. The first-order valence-corrected chi connectivity index (χ1v) is 11.4. The summed E-state index contributed by atoms with van der Waals surface area (Å²) in [6.45, 7) is 10.2. The summed E-state index contributed by atoms with van der Waals surface area (Å²) in [6, 6.07) is 5.26. The number of fused-ring (bicyclic) bond motifs is 2. The van der Waals surface area contributed by atoms with Gasteiger partial charge in [0.1, 0.15) is 5.82 Å². The van der Waals surface area contributed by atoms with Crippen LogP contribution in [0.1, 0.15) is 48.8 Å². The number of hydrogen-bond acceptors (Lipinski definition) is 5. The van der Waals surface area contributed by atoms with Gasteiger partial charge in [-0.25, -0.2) is 4.98 Å². The molecule has 1 aromatic heterocycles. The van der Waals surface area contributed by atoms with Gasteiger partial charge < -0.3 is 15.1 Å². The summed E-state index contributed by atoms with van der Waals surface area (Å²) in [5.41, 5.74) is 1.23. The quantitative estimate of drug-likeness (QED) is 0.735. The molecule has 0 unspecified atom stereocenters. The van der Waals surface area contributed by atoms with E-state index in [1.165, 1.54) is 0 Å². The molecule has 1 aromatic carbocycles. The first kappa shape index (κ1) is 21.0. The van der Waals surface area contributed by atoms with Gasteiger partial charge in [-0.05, 0) is 50.6 Å². The van der Waals surface area contributed by atoms with Crippen LogP contribution >= 0.6 is 0 Å². The Bertz CT molecular complexity index is 946. The second-order valence-electron chi connectivity index (χ2n) is 8.41. The maximum Gasteiger partial charge on any atom is 0.261 e. The van der Waals surface area contributed by atoms with Crippen LogP contribution in [0.5, 0.6) is 0 Å². The third kappa shape index (κ3) is 4.73. The lowest BCUT2D eigenvalue weighted by Gasteiger charge is -2.33. The van der Waals surface area contributed by atoms with Gasteiger partial charge in [0.25, 0.3) is 11.5 Å². The van der Waals surface area contributed by atoms with Crippen molar-refractivity contribution >= 4 is 16.8 Å². The van der Waals surface area contributed by atoms with Crippen molar-refractivity contribution in [3.8, 4) is 0 Å². The molecule has 3 heterocycles. The smallest absolute Gasteiger partial charge is 0.261 e. The molecule has 7 nitrogen and oxygen atoms in total. The molecule has 162 valence electrons. The number of likely N-dealkylation sites (N-methyl/N-ethyl adjacent to an activating group) is 1. The van der Waals surface area contributed by atoms with Crippen molar-refractivity contribution in [2.45, 2.75) is 45.6 Å². The molecular formula is C23H33N5O2. The summed E-state index contributed by atoms with van der Waals surface area (Å²) >= 11 is 0. The van der Waals surface area contributed by atoms with Gasteiger partial charge in [0.2, 0.25) is 0 Å². The van der Waals surface area contributed by atoms with E-state index in [2.05, 4.69) is 22.0 Å². The minimum atomic E-state index is -0.0930. The predicted molar refractivity (Wildman–Crippen MR) is 119 cm³/mol. The molecule has 1 amide bonds. The molecule has 0 atom stereocenters. The number of nitrogens with zero attached hydrogens (tertiary/aromatic N) is 4. The van der Waals surface area contributed by atoms with Gasteiger partial charge in [-0.1, -0.05) is 13.3 Å². The van der Waals surface area contributed by atoms with Gasteiger partial charge in [-0.2, -0.15) is 0 Å². The zero-order valence-corrected chi connectivity index (χ0v) is 18.0. The summed E-state index contributed by atoms with van der Waals surface area (Å²) < 4.78 is 1.81. The third-order valence-electron chi connectivity index (χ3n) is 6.43. The standard InChI is InChI=1S/C23H33N5O2/c1-2-26-13-15-27(16-14-26)11-6-10-24-22(29)18-8-9-19-20(17-18)25-21-7-4-3-5-12-28(21)23(19)30/h8-9,17H,2-7,10-16H2,1H3,(H,24,29). The normalized spacial score (nSPS) is 18.2. The second-order valence-corrected chi connectivity index (χ2v) is 8.41. The third-order valence-corrected chi connectivity index (χ3v) is 6.43. The van der Waals surface area contributed by atoms with Gasteiger partial charge in [-0.15, -0.1) is 0 Å². The zero-order valence-electron chi connectivity index (χ0n) is 18.0. The Morgan fingerprint density at radius 2 is 1.87 bits per heavy atom. The van der Waals surface area contributed by atoms with Gasteiger partial charge in [0, 0.05) is 51.3 Å². The Labute approximate surface area is 178 Å². The number of benzene rings is 1. The molecule has 0 spiro atoms. The van der Waals surface area contributed by atoms with Crippen LogP contribution in [-0.2, 0) is 13.0 Å². The minimum Gasteiger partial charge on any atom is -0.352 e. The number of amides is 1. The van der Waals surface area contributed by atoms with Crippen molar-refractivity contribution < 1.29 is 4.79 Å². The fourth-order valence-electron chi connectivity index (χ4n) is 4.50. The van der Waals surface area contributed by atoms with E-state index in [-0.39, 0.29) is 11.5 Å². The van der Waals surface area contributed by atoms with Crippen LogP contribution in [0.2, 0.25) is 0 Å². The summed E-state index contributed by atoms with van der Waals surface area (Å²) in [5, 5.41) is 3.62. The van der Waals surface area contributed by atoms with E-state index < -0.39 is 0 Å². The van der Waals surface area contributed by atoms with Gasteiger partial charge >= 0.3 is 0 Å². The van der Waals surface area contributed by atoms with Crippen molar-refractivity contribution in [2.75, 3.05) is 45.8 Å². The molecule has 7 heteroatoms. The van der Waals surface area contributed by atoms with E-state index in [0.29, 0.717) is 23.0 Å². The van der Waals surface area contributed by atoms with E-state index >= 15 is 0 Å². The number of carbonyl (C=O) groups is 1. The monoisotopic (exact) mass is 411 g/mol. The Morgan fingerprint density at radius 1 is 1.07 bits per heavy atom. The molecule has 1 saturated heterocycles. The van der Waals surface area contributed by atoms with Crippen LogP contribution in [0, 0.1) is 0 Å². The zero-order chi connectivity index (χ0) is 20.9. The maximum absolute atomic E-state index is 12.8. The fourth-order valence-corrected chi connectivity index (χ4v) is 4.50. The van der Waals surface area contributed by atoms with Crippen LogP contribution < -0.4 is 10.9 Å². The van der Waals surface area contributed by atoms with E-state index in [1.54, 1.807) is 18.2 Å². The first-order valence-electron chi connectivity index (χ1n) is 11.4. The highest BCUT2D eigenvalue weighted by Gasteiger charge is 2.16. The molecular weight excluding hydrogens is 378 g/mol. The summed E-state index contributed by atoms with van der Waals surface area (Å²) in [5.74, 6) is 0.760. The van der Waals surface area contributed by atoms with Crippen LogP contribution in [0.25, 0.3) is 10.9 Å². The van der Waals surface area contributed by atoms with Crippen LogP contribution in [0.4, 0.5) is 0 Å². The van der Waals surface area contributed by atoms with Crippen molar-refractivity contribution in [3.63, 3.8) is 0 Å². The molecule has 2 aliphatic heterocycles. The minimum absolute atomic E-state index is 0.0204. The second kappa shape index (κ2) is 9.71. The van der Waals surface area contributed by atoms with Crippen molar-refractivity contribution in [1.29, 1.82) is 0 Å². The molecule has 1 fully saturated rings. The maximum atomic E-state index is 12.8. The summed E-state index contributed by atoms with van der Waals surface area (Å²) in [7, 11) is 0. The Kier molecular flexibility index (Phi) is 6.79. The molecule has 4 rings (SSSR count). The van der Waals surface area contributed by atoms with Crippen molar-refractivity contribution in [1.82, 2.24) is 24.7 Å². The van der Waals surface area contributed by atoms with Crippen molar-refractivity contribution in [2.24, 2.45) is 0 Å².